The number of hydrogen-bond acceptors (Lipinski definition) is 4. The molecule has 140 valence electrons. The van der Waals surface area contributed by atoms with Crippen LogP contribution in [-0.2, 0) is 0 Å². The predicted octanol–water partition coefficient (Wildman–Crippen LogP) is 4.38. The Morgan fingerprint density at radius 2 is 1.77 bits per heavy atom. The molecule has 2 aromatic rings. The molecule has 0 spiro atoms. The van der Waals surface area contributed by atoms with Crippen LogP contribution >= 0.6 is 0 Å². The second-order valence-electron chi connectivity index (χ2n) is 5.62. The van der Waals surface area contributed by atoms with Crippen LogP contribution in [0.4, 0.5) is 10.5 Å². The van der Waals surface area contributed by atoms with Gasteiger partial charge in [-0.05, 0) is 50.6 Å². The minimum absolute atomic E-state index is 0.199. The molecule has 1 unspecified atom stereocenters. The first kappa shape index (κ1) is 19.4. The number of anilines is 1. The van der Waals surface area contributed by atoms with Crippen LogP contribution in [0.1, 0.15) is 32.4 Å². The van der Waals surface area contributed by atoms with Crippen molar-refractivity contribution in [2.75, 3.05) is 25.6 Å². The number of urea groups is 1. The average Bonchev–Trinajstić information content (AvgIpc) is 2.63. The maximum atomic E-state index is 12.3. The third-order valence-electron chi connectivity index (χ3n) is 3.74. The molecule has 0 aliphatic heterocycles. The molecule has 2 N–H and O–H groups in total. The van der Waals surface area contributed by atoms with Crippen LogP contribution < -0.4 is 24.8 Å². The van der Waals surface area contributed by atoms with Gasteiger partial charge in [0.2, 0.25) is 0 Å². The number of nitrogens with one attached hydrogen (secondary N) is 2. The normalized spacial score (nSPS) is 11.4. The molecule has 0 aliphatic carbocycles. The minimum Gasteiger partial charge on any atom is -0.497 e. The zero-order valence-electron chi connectivity index (χ0n) is 15.7. The van der Waals surface area contributed by atoms with Crippen molar-refractivity contribution in [1.82, 2.24) is 5.32 Å². The monoisotopic (exact) mass is 358 g/mol. The van der Waals surface area contributed by atoms with Crippen molar-refractivity contribution in [3.05, 3.63) is 48.0 Å². The van der Waals surface area contributed by atoms with E-state index in [2.05, 4.69) is 10.6 Å². The lowest BCUT2D eigenvalue weighted by molar-refractivity contribution is 0.249. The van der Waals surface area contributed by atoms with Gasteiger partial charge in [-0.3, -0.25) is 0 Å². The Morgan fingerprint density at radius 1 is 1.04 bits per heavy atom. The van der Waals surface area contributed by atoms with Gasteiger partial charge in [-0.25, -0.2) is 4.79 Å². The van der Waals surface area contributed by atoms with E-state index in [9.17, 15) is 4.79 Å². The third kappa shape index (κ3) is 5.31. The molecule has 2 rings (SSSR count). The van der Waals surface area contributed by atoms with Crippen LogP contribution in [0, 0.1) is 0 Å². The lowest BCUT2D eigenvalue weighted by atomic mass is 10.1. The number of rotatable bonds is 8. The molecule has 0 heterocycles. The minimum atomic E-state index is -0.294. The van der Waals surface area contributed by atoms with Gasteiger partial charge in [-0.15, -0.1) is 0 Å². The molecule has 6 nitrogen and oxygen atoms in total. The highest BCUT2D eigenvalue weighted by atomic mass is 16.5. The molecule has 0 saturated carbocycles. The molecule has 2 aromatic carbocycles. The summed E-state index contributed by atoms with van der Waals surface area (Å²) in [6, 6.07) is 12.4. The molecule has 0 aliphatic rings. The van der Waals surface area contributed by atoms with Crippen LogP contribution in [-0.4, -0.2) is 26.4 Å². The Hall–Kier alpha value is -2.89. The molecule has 6 heteroatoms. The van der Waals surface area contributed by atoms with Gasteiger partial charge >= 0.3 is 6.03 Å². The van der Waals surface area contributed by atoms with Crippen molar-refractivity contribution >= 4 is 11.7 Å². The van der Waals surface area contributed by atoms with Gasteiger partial charge in [-0.1, -0.05) is 12.1 Å². The van der Waals surface area contributed by atoms with Crippen molar-refractivity contribution in [3.63, 3.8) is 0 Å². The Balaban J connectivity index is 2.04. The fraction of sp³-hybridized carbons (Fsp3) is 0.350. The van der Waals surface area contributed by atoms with E-state index in [1.165, 1.54) is 0 Å². The molecule has 0 bridgehead atoms. The van der Waals surface area contributed by atoms with E-state index >= 15 is 0 Å². The van der Waals surface area contributed by atoms with Crippen molar-refractivity contribution in [3.8, 4) is 17.2 Å². The SMILES string of the molecule is CCOc1ccc(C(C)NC(=O)Nc2cccc(OC)c2)cc1OCC. The summed E-state index contributed by atoms with van der Waals surface area (Å²) in [6.45, 7) is 6.87. The van der Waals surface area contributed by atoms with Crippen LogP contribution in [0.15, 0.2) is 42.5 Å². The summed E-state index contributed by atoms with van der Waals surface area (Å²) in [5, 5.41) is 5.72. The summed E-state index contributed by atoms with van der Waals surface area (Å²) >= 11 is 0. The van der Waals surface area contributed by atoms with Crippen LogP contribution in [0.2, 0.25) is 0 Å². The second kappa shape index (κ2) is 9.56. The lowest BCUT2D eigenvalue weighted by Crippen LogP contribution is -2.31. The Labute approximate surface area is 154 Å². The van der Waals surface area contributed by atoms with E-state index in [-0.39, 0.29) is 12.1 Å². The fourth-order valence-corrected chi connectivity index (χ4v) is 2.49. The van der Waals surface area contributed by atoms with Crippen molar-refractivity contribution in [2.24, 2.45) is 0 Å². The summed E-state index contributed by atoms with van der Waals surface area (Å²) in [6.07, 6.45) is 0. The van der Waals surface area contributed by atoms with Gasteiger partial charge in [-0.2, -0.15) is 0 Å². The first-order valence-electron chi connectivity index (χ1n) is 8.68. The maximum absolute atomic E-state index is 12.3. The van der Waals surface area contributed by atoms with Crippen LogP contribution in [0.25, 0.3) is 0 Å². The maximum Gasteiger partial charge on any atom is 0.319 e. The largest absolute Gasteiger partial charge is 0.497 e. The zero-order chi connectivity index (χ0) is 18.9. The average molecular weight is 358 g/mol. The van der Waals surface area contributed by atoms with E-state index < -0.39 is 0 Å². The van der Waals surface area contributed by atoms with E-state index in [1.54, 1.807) is 19.2 Å². The van der Waals surface area contributed by atoms with Crippen molar-refractivity contribution in [1.29, 1.82) is 0 Å². The van der Waals surface area contributed by atoms with Gasteiger partial charge < -0.3 is 24.8 Å². The smallest absolute Gasteiger partial charge is 0.319 e. The Bertz CT molecular complexity index is 734. The number of amides is 2. The molecule has 2 amide bonds. The first-order chi connectivity index (χ1) is 12.6. The van der Waals surface area contributed by atoms with Crippen molar-refractivity contribution in [2.45, 2.75) is 26.8 Å². The molecular weight excluding hydrogens is 332 g/mol. The number of carbonyl (C=O) groups excluding carboxylic acids is 1. The highest BCUT2D eigenvalue weighted by Crippen LogP contribution is 2.30. The summed E-state index contributed by atoms with van der Waals surface area (Å²) in [7, 11) is 1.59. The van der Waals surface area contributed by atoms with Gasteiger partial charge in [0.15, 0.2) is 11.5 Å². The van der Waals surface area contributed by atoms with Gasteiger partial charge in [0.1, 0.15) is 5.75 Å². The number of ether oxygens (including phenoxy) is 3. The topological polar surface area (TPSA) is 68.8 Å². The molecule has 0 saturated heterocycles. The van der Waals surface area contributed by atoms with Crippen molar-refractivity contribution < 1.29 is 19.0 Å². The lowest BCUT2D eigenvalue weighted by Gasteiger charge is -2.18. The molecule has 26 heavy (non-hydrogen) atoms. The number of carbonyl (C=O) groups is 1. The molecular formula is C20H26N2O4. The van der Waals surface area contributed by atoms with Gasteiger partial charge in [0, 0.05) is 11.8 Å². The number of methoxy groups -OCH3 is 1. The second-order valence-corrected chi connectivity index (χ2v) is 5.62. The number of benzene rings is 2. The quantitative estimate of drug-likeness (QED) is 0.735. The standard InChI is InChI=1S/C20H26N2O4/c1-5-25-18-11-10-15(12-19(18)26-6-2)14(3)21-20(23)22-16-8-7-9-17(13-16)24-4/h7-14H,5-6H2,1-4H3,(H2,21,22,23). The van der Waals surface area contributed by atoms with Crippen LogP contribution in [0.3, 0.4) is 0 Å². The summed E-state index contributed by atoms with van der Waals surface area (Å²) in [5.74, 6) is 2.06. The van der Waals surface area contributed by atoms with E-state index in [0.717, 1.165) is 5.56 Å². The van der Waals surface area contributed by atoms with Gasteiger partial charge in [0.05, 0.1) is 26.4 Å². The van der Waals surface area contributed by atoms with E-state index in [1.807, 2.05) is 51.1 Å². The van der Waals surface area contributed by atoms with E-state index in [4.69, 9.17) is 14.2 Å². The molecule has 0 aromatic heterocycles. The molecule has 0 fully saturated rings. The van der Waals surface area contributed by atoms with Gasteiger partial charge in [0.25, 0.3) is 0 Å². The number of hydrogen-bond donors (Lipinski definition) is 2. The molecule has 0 radical (unpaired) electrons. The van der Waals surface area contributed by atoms with Crippen LogP contribution in [0.5, 0.6) is 17.2 Å². The highest BCUT2D eigenvalue weighted by Gasteiger charge is 2.13. The summed E-state index contributed by atoms with van der Waals surface area (Å²) in [4.78, 5) is 12.3. The summed E-state index contributed by atoms with van der Waals surface area (Å²) in [5.41, 5.74) is 1.59. The highest BCUT2D eigenvalue weighted by molar-refractivity contribution is 5.89. The fourth-order valence-electron chi connectivity index (χ4n) is 2.49. The summed E-state index contributed by atoms with van der Waals surface area (Å²) < 4.78 is 16.4. The third-order valence-corrected chi connectivity index (χ3v) is 3.74. The van der Waals surface area contributed by atoms with E-state index in [0.29, 0.717) is 36.1 Å². The Morgan fingerprint density at radius 3 is 2.46 bits per heavy atom. The predicted molar refractivity (Wildman–Crippen MR) is 102 cm³/mol. The first-order valence-corrected chi connectivity index (χ1v) is 8.68. The Kier molecular flexibility index (Phi) is 7.14. The zero-order valence-corrected chi connectivity index (χ0v) is 15.7. The molecule has 1 atom stereocenters.